The fourth-order valence-electron chi connectivity index (χ4n) is 4.90. The van der Waals surface area contributed by atoms with E-state index in [4.69, 9.17) is 4.74 Å². The van der Waals surface area contributed by atoms with Gasteiger partial charge in [-0.25, -0.2) is 14.8 Å². The number of rotatable bonds is 5. The molecule has 0 unspecified atom stereocenters. The van der Waals surface area contributed by atoms with Gasteiger partial charge in [0.15, 0.2) is 0 Å². The van der Waals surface area contributed by atoms with Crippen LogP contribution in [0.15, 0.2) is 46.6 Å². The predicted octanol–water partition coefficient (Wildman–Crippen LogP) is 5.28. The van der Waals surface area contributed by atoms with E-state index in [2.05, 4.69) is 27.4 Å². The van der Waals surface area contributed by atoms with Crippen molar-refractivity contribution in [2.75, 3.05) is 0 Å². The van der Waals surface area contributed by atoms with E-state index in [-0.39, 0.29) is 30.1 Å². The van der Waals surface area contributed by atoms with Gasteiger partial charge in [0.1, 0.15) is 22.0 Å². The van der Waals surface area contributed by atoms with Crippen LogP contribution in [0, 0.1) is 0 Å². The Morgan fingerprint density at radius 1 is 1.15 bits per heavy atom. The average Bonchev–Trinajstić information content (AvgIpc) is 3.53. The summed E-state index contributed by atoms with van der Waals surface area (Å²) in [7, 11) is 0. The van der Waals surface area contributed by atoms with Crippen LogP contribution in [-0.4, -0.2) is 44.6 Å². The standard InChI is InChI=1S/C24H26N4O3S2/c1-24(2)20(15-6-4-3-5-7-15)28(23(30)31-24)17-10-8-16(9-11-17)26-21(29)18-13-33-22(27-18)19-12-32-14-25-19/h3-7,12-14,16-17,20H,8-11H2,1-2H3,(H,26,29)/t16?,17?,20-/m0/s1. The number of ether oxygens (including phenoxy) is 1. The summed E-state index contributed by atoms with van der Waals surface area (Å²) in [5.74, 6) is -0.153. The Bertz CT molecular complexity index is 1120. The van der Waals surface area contributed by atoms with Crippen LogP contribution < -0.4 is 5.32 Å². The number of nitrogens with one attached hydrogen (secondary N) is 1. The van der Waals surface area contributed by atoms with Gasteiger partial charge in [0.25, 0.3) is 5.91 Å². The Labute approximate surface area is 200 Å². The van der Waals surface area contributed by atoms with Gasteiger partial charge in [-0.3, -0.25) is 9.69 Å². The third kappa shape index (κ3) is 4.39. The van der Waals surface area contributed by atoms with Crippen molar-refractivity contribution in [3.8, 4) is 10.7 Å². The van der Waals surface area contributed by atoms with Crippen LogP contribution >= 0.6 is 22.7 Å². The van der Waals surface area contributed by atoms with Crippen molar-refractivity contribution in [1.82, 2.24) is 20.2 Å². The first-order valence-corrected chi connectivity index (χ1v) is 13.0. The molecule has 0 bridgehead atoms. The summed E-state index contributed by atoms with van der Waals surface area (Å²) in [5, 5.41) is 7.59. The summed E-state index contributed by atoms with van der Waals surface area (Å²) in [6, 6.07) is 10.1. The average molecular weight is 483 g/mol. The maximum atomic E-state index is 12.8. The van der Waals surface area contributed by atoms with E-state index in [1.807, 2.05) is 42.3 Å². The minimum absolute atomic E-state index is 0.0694. The molecule has 2 amide bonds. The van der Waals surface area contributed by atoms with E-state index in [0.717, 1.165) is 41.9 Å². The minimum atomic E-state index is -0.594. The van der Waals surface area contributed by atoms with Crippen LogP contribution in [-0.2, 0) is 4.74 Å². The van der Waals surface area contributed by atoms with Gasteiger partial charge in [-0.1, -0.05) is 30.3 Å². The monoisotopic (exact) mass is 482 g/mol. The van der Waals surface area contributed by atoms with Crippen molar-refractivity contribution < 1.29 is 14.3 Å². The molecule has 1 aromatic carbocycles. The summed E-state index contributed by atoms with van der Waals surface area (Å²) < 4.78 is 5.77. The normalized spacial score (nSPS) is 24.5. The Kier molecular flexibility index (Phi) is 5.92. The van der Waals surface area contributed by atoms with Crippen LogP contribution in [0.2, 0.25) is 0 Å². The van der Waals surface area contributed by atoms with Crippen molar-refractivity contribution in [3.63, 3.8) is 0 Å². The van der Waals surface area contributed by atoms with E-state index in [9.17, 15) is 9.59 Å². The lowest BCUT2D eigenvalue weighted by Crippen LogP contribution is -2.46. The Hall–Kier alpha value is -2.78. The third-order valence-corrected chi connectivity index (χ3v) is 7.88. The van der Waals surface area contributed by atoms with E-state index in [0.29, 0.717) is 5.69 Å². The van der Waals surface area contributed by atoms with E-state index >= 15 is 0 Å². The van der Waals surface area contributed by atoms with Crippen LogP contribution in [0.3, 0.4) is 0 Å². The first-order valence-electron chi connectivity index (χ1n) is 11.1. The fraction of sp³-hybridized carbons (Fsp3) is 0.417. The minimum Gasteiger partial charge on any atom is -0.441 e. The molecule has 1 saturated carbocycles. The number of carbonyl (C=O) groups excluding carboxylic acids is 2. The molecule has 1 N–H and O–H groups in total. The predicted molar refractivity (Wildman–Crippen MR) is 128 cm³/mol. The second-order valence-corrected chi connectivity index (χ2v) is 10.7. The number of thiazole rings is 2. The summed E-state index contributed by atoms with van der Waals surface area (Å²) in [4.78, 5) is 36.2. The summed E-state index contributed by atoms with van der Waals surface area (Å²) in [5.41, 5.74) is 3.48. The zero-order valence-corrected chi connectivity index (χ0v) is 20.2. The van der Waals surface area contributed by atoms with Gasteiger partial charge in [0.2, 0.25) is 0 Å². The molecule has 2 fully saturated rings. The molecule has 2 aliphatic rings. The number of cyclic esters (lactones) is 1. The SMILES string of the molecule is CC1(C)OC(=O)N(C2CCC(NC(=O)c3csc(-c4cscn4)n3)CC2)[C@H]1c1ccccc1. The molecule has 1 saturated heterocycles. The van der Waals surface area contributed by atoms with Gasteiger partial charge >= 0.3 is 6.09 Å². The number of aromatic nitrogens is 2. The van der Waals surface area contributed by atoms with E-state index in [1.54, 1.807) is 10.9 Å². The van der Waals surface area contributed by atoms with Crippen LogP contribution in [0.5, 0.6) is 0 Å². The van der Waals surface area contributed by atoms with Gasteiger partial charge in [-0.15, -0.1) is 22.7 Å². The molecule has 0 radical (unpaired) electrons. The van der Waals surface area contributed by atoms with Crippen LogP contribution in [0.25, 0.3) is 10.7 Å². The quantitative estimate of drug-likeness (QED) is 0.535. The summed E-state index contributed by atoms with van der Waals surface area (Å²) in [6.45, 7) is 3.95. The molecule has 172 valence electrons. The number of amides is 2. The molecule has 9 heteroatoms. The maximum Gasteiger partial charge on any atom is 0.411 e. The molecular weight excluding hydrogens is 456 g/mol. The third-order valence-electron chi connectivity index (χ3n) is 6.43. The van der Waals surface area contributed by atoms with E-state index in [1.165, 1.54) is 22.7 Å². The number of nitrogens with zero attached hydrogens (tertiary/aromatic N) is 3. The van der Waals surface area contributed by atoms with Gasteiger partial charge in [-0.2, -0.15) is 0 Å². The highest BCUT2D eigenvalue weighted by Crippen LogP contribution is 2.44. The molecule has 3 heterocycles. The van der Waals surface area contributed by atoms with Gasteiger partial charge in [0.05, 0.1) is 11.6 Å². The topological polar surface area (TPSA) is 84.4 Å². The molecule has 1 aliphatic carbocycles. The fourth-order valence-corrected chi connectivity index (χ4v) is 6.28. The van der Waals surface area contributed by atoms with Crippen LogP contribution in [0.1, 0.15) is 61.6 Å². The largest absolute Gasteiger partial charge is 0.441 e. The molecule has 7 nitrogen and oxygen atoms in total. The van der Waals surface area contributed by atoms with Gasteiger partial charge in [0, 0.05) is 22.8 Å². The second-order valence-electron chi connectivity index (χ2n) is 9.08. The zero-order valence-electron chi connectivity index (χ0n) is 18.6. The number of hydrogen-bond donors (Lipinski definition) is 1. The zero-order chi connectivity index (χ0) is 23.0. The molecule has 33 heavy (non-hydrogen) atoms. The number of hydrogen-bond acceptors (Lipinski definition) is 7. The lowest BCUT2D eigenvalue weighted by Gasteiger charge is -2.38. The second kappa shape index (κ2) is 8.87. The maximum absolute atomic E-state index is 12.8. The lowest BCUT2D eigenvalue weighted by molar-refractivity contribution is 0.0663. The summed E-state index contributed by atoms with van der Waals surface area (Å²) >= 11 is 2.93. The lowest BCUT2D eigenvalue weighted by atomic mass is 9.86. The van der Waals surface area contributed by atoms with Crippen molar-refractivity contribution in [1.29, 1.82) is 0 Å². The van der Waals surface area contributed by atoms with Gasteiger partial charge < -0.3 is 10.1 Å². The Morgan fingerprint density at radius 3 is 2.61 bits per heavy atom. The number of benzene rings is 1. The van der Waals surface area contributed by atoms with Crippen molar-refractivity contribution in [3.05, 3.63) is 57.9 Å². The van der Waals surface area contributed by atoms with Crippen molar-refractivity contribution in [2.45, 2.75) is 63.3 Å². The molecule has 1 atom stereocenters. The highest BCUT2D eigenvalue weighted by molar-refractivity contribution is 7.14. The molecule has 2 aromatic heterocycles. The molecule has 1 aliphatic heterocycles. The first-order chi connectivity index (χ1) is 15.9. The molecule has 0 spiro atoms. The van der Waals surface area contributed by atoms with Crippen molar-refractivity contribution in [2.24, 2.45) is 0 Å². The first kappa shape index (κ1) is 22.0. The van der Waals surface area contributed by atoms with Crippen molar-refractivity contribution >= 4 is 34.7 Å². The van der Waals surface area contributed by atoms with Gasteiger partial charge in [-0.05, 0) is 45.1 Å². The molecule has 3 aromatic rings. The Balaban J connectivity index is 1.22. The summed E-state index contributed by atoms with van der Waals surface area (Å²) in [6.07, 6.45) is 3.01. The van der Waals surface area contributed by atoms with E-state index < -0.39 is 5.60 Å². The van der Waals surface area contributed by atoms with Crippen LogP contribution in [0.4, 0.5) is 4.79 Å². The smallest absolute Gasteiger partial charge is 0.411 e. The Morgan fingerprint density at radius 2 is 1.91 bits per heavy atom. The highest BCUT2D eigenvalue weighted by atomic mass is 32.1. The number of carbonyl (C=O) groups is 2. The molecule has 5 rings (SSSR count). The molecular formula is C24H26N4O3S2. The highest BCUT2D eigenvalue weighted by Gasteiger charge is 2.51.